The Hall–Kier alpha value is -2.40. The second kappa shape index (κ2) is 9.40. The first-order chi connectivity index (χ1) is 13.8. The summed E-state index contributed by atoms with van der Waals surface area (Å²) < 4.78 is 11.4. The predicted octanol–water partition coefficient (Wildman–Crippen LogP) is 4.37. The van der Waals surface area contributed by atoms with Gasteiger partial charge in [0.05, 0.1) is 6.10 Å². The summed E-state index contributed by atoms with van der Waals surface area (Å²) in [6.07, 6.45) is 4.84. The molecule has 0 unspecified atom stereocenters. The minimum absolute atomic E-state index is 0.00605. The fraction of sp³-hybridized carbons (Fsp3) is 0.500. The minimum atomic E-state index is -0.0771. The van der Waals surface area contributed by atoms with Gasteiger partial charge in [0.2, 0.25) is 0 Å². The highest BCUT2D eigenvalue weighted by Gasteiger charge is 2.32. The third-order valence-corrected chi connectivity index (χ3v) is 5.48. The molecule has 3 rings (SSSR count). The lowest BCUT2D eigenvalue weighted by Gasteiger charge is -2.38. The Balaban J connectivity index is 1.66. The molecule has 0 bridgehead atoms. The first-order valence-electron chi connectivity index (χ1n) is 10.4. The van der Waals surface area contributed by atoms with Crippen LogP contribution in [0.3, 0.4) is 0 Å². The number of carbonyl (C=O) groups is 1. The molecule has 2 aromatic rings. The predicted molar refractivity (Wildman–Crippen MR) is 114 cm³/mol. The van der Waals surface area contributed by atoms with Crippen LogP contribution >= 0.6 is 0 Å². The zero-order valence-electron chi connectivity index (χ0n) is 17.9. The van der Waals surface area contributed by atoms with Crippen LogP contribution in [-0.2, 0) is 11.2 Å². The molecule has 1 aliphatic heterocycles. The Morgan fingerprint density at radius 3 is 2.59 bits per heavy atom. The number of benzene rings is 1. The van der Waals surface area contributed by atoms with Crippen molar-refractivity contribution in [3.8, 4) is 5.75 Å². The number of nitrogens with zero attached hydrogens (tertiary/aromatic N) is 2. The normalized spacial score (nSPS) is 17.7. The molecular formula is C24H32N2O3. The van der Waals surface area contributed by atoms with Crippen LogP contribution in [0.5, 0.6) is 5.75 Å². The largest absolute Gasteiger partial charge is 0.491 e. The van der Waals surface area contributed by atoms with Crippen molar-refractivity contribution in [3.63, 3.8) is 0 Å². The number of pyridine rings is 1. The molecule has 1 aliphatic rings. The van der Waals surface area contributed by atoms with Gasteiger partial charge in [0.25, 0.3) is 5.91 Å². The summed E-state index contributed by atoms with van der Waals surface area (Å²) in [5.74, 6) is 0.770. The quantitative estimate of drug-likeness (QED) is 0.697. The van der Waals surface area contributed by atoms with Crippen molar-refractivity contribution in [2.45, 2.75) is 52.2 Å². The highest BCUT2D eigenvalue weighted by molar-refractivity contribution is 5.94. The molecule has 156 valence electrons. The molecule has 0 spiro atoms. The molecular weight excluding hydrogens is 364 g/mol. The van der Waals surface area contributed by atoms with Crippen molar-refractivity contribution >= 4 is 5.91 Å². The third kappa shape index (κ3) is 5.80. The summed E-state index contributed by atoms with van der Waals surface area (Å²) in [5, 5.41) is 0. The number of ether oxygens (including phenoxy) is 2. The number of carbonyl (C=O) groups excluding carboxylic acids is 1. The average Bonchev–Trinajstić information content (AvgIpc) is 3.23. The molecule has 0 N–H and O–H groups in total. The van der Waals surface area contributed by atoms with Crippen LogP contribution < -0.4 is 4.74 Å². The summed E-state index contributed by atoms with van der Waals surface area (Å²) in [6.45, 7) is 7.86. The van der Waals surface area contributed by atoms with Crippen LogP contribution in [0.2, 0.25) is 0 Å². The molecule has 1 amide bonds. The maximum atomic E-state index is 13.1. The van der Waals surface area contributed by atoms with Gasteiger partial charge in [-0.05, 0) is 54.7 Å². The Kier molecular flexibility index (Phi) is 6.91. The zero-order chi connectivity index (χ0) is 20.9. The summed E-state index contributed by atoms with van der Waals surface area (Å²) in [6, 6.07) is 13.3. The fourth-order valence-electron chi connectivity index (χ4n) is 3.74. The summed E-state index contributed by atoms with van der Waals surface area (Å²) in [5.41, 5.74) is 1.57. The molecule has 1 aromatic carbocycles. The number of rotatable bonds is 7. The van der Waals surface area contributed by atoms with Gasteiger partial charge in [-0.15, -0.1) is 0 Å². The lowest BCUT2D eigenvalue weighted by atomic mass is 9.82. The van der Waals surface area contributed by atoms with E-state index in [-0.39, 0.29) is 23.5 Å². The van der Waals surface area contributed by atoms with E-state index in [1.807, 2.05) is 54.4 Å². The van der Waals surface area contributed by atoms with Gasteiger partial charge in [-0.25, -0.2) is 0 Å². The number of likely N-dealkylation sites (N-methyl/N-ethyl adjacent to an activating group) is 1. The van der Waals surface area contributed by atoms with Crippen molar-refractivity contribution in [2.75, 3.05) is 20.3 Å². The topological polar surface area (TPSA) is 51.7 Å². The number of hydrogen-bond donors (Lipinski definition) is 0. The van der Waals surface area contributed by atoms with Gasteiger partial charge >= 0.3 is 0 Å². The maximum absolute atomic E-state index is 13.1. The molecule has 29 heavy (non-hydrogen) atoms. The minimum Gasteiger partial charge on any atom is -0.491 e. The molecule has 1 saturated heterocycles. The number of hydrogen-bond acceptors (Lipinski definition) is 4. The Morgan fingerprint density at radius 2 is 2.00 bits per heavy atom. The van der Waals surface area contributed by atoms with E-state index < -0.39 is 0 Å². The molecule has 2 heterocycles. The van der Waals surface area contributed by atoms with Crippen molar-refractivity contribution in [1.82, 2.24) is 9.88 Å². The van der Waals surface area contributed by atoms with Crippen molar-refractivity contribution in [2.24, 2.45) is 5.41 Å². The molecule has 2 atom stereocenters. The molecule has 5 heteroatoms. The van der Waals surface area contributed by atoms with Crippen LogP contribution in [0.4, 0.5) is 0 Å². The van der Waals surface area contributed by atoms with E-state index in [2.05, 4.69) is 25.8 Å². The smallest absolute Gasteiger partial charge is 0.253 e. The van der Waals surface area contributed by atoms with E-state index in [4.69, 9.17) is 9.47 Å². The van der Waals surface area contributed by atoms with E-state index in [1.165, 1.54) is 0 Å². The van der Waals surface area contributed by atoms with Crippen LogP contribution in [-0.4, -0.2) is 48.2 Å². The van der Waals surface area contributed by atoms with Gasteiger partial charge in [0, 0.05) is 43.6 Å². The van der Waals surface area contributed by atoms with Gasteiger partial charge in [0.1, 0.15) is 12.4 Å². The van der Waals surface area contributed by atoms with Gasteiger partial charge in [0.15, 0.2) is 0 Å². The molecule has 5 nitrogen and oxygen atoms in total. The maximum Gasteiger partial charge on any atom is 0.253 e. The Labute approximate surface area is 174 Å². The second-order valence-corrected chi connectivity index (χ2v) is 8.79. The number of aromatic nitrogens is 1. The summed E-state index contributed by atoms with van der Waals surface area (Å²) in [7, 11) is 1.88. The van der Waals surface area contributed by atoms with E-state index in [0.29, 0.717) is 12.2 Å². The van der Waals surface area contributed by atoms with Crippen molar-refractivity contribution in [3.05, 3.63) is 59.9 Å². The van der Waals surface area contributed by atoms with E-state index in [9.17, 15) is 4.79 Å². The van der Waals surface area contributed by atoms with E-state index >= 15 is 0 Å². The summed E-state index contributed by atoms with van der Waals surface area (Å²) in [4.78, 5) is 19.4. The molecule has 0 radical (unpaired) electrons. The Morgan fingerprint density at radius 1 is 1.24 bits per heavy atom. The second-order valence-electron chi connectivity index (χ2n) is 8.79. The monoisotopic (exact) mass is 396 g/mol. The number of amides is 1. The van der Waals surface area contributed by atoms with Crippen LogP contribution in [0.1, 0.15) is 49.7 Å². The lowest BCUT2D eigenvalue weighted by molar-refractivity contribution is 0.0595. The van der Waals surface area contributed by atoms with Crippen LogP contribution in [0.15, 0.2) is 48.7 Å². The van der Waals surface area contributed by atoms with Gasteiger partial charge in [-0.3, -0.25) is 9.78 Å². The summed E-state index contributed by atoms with van der Waals surface area (Å²) >= 11 is 0. The average molecular weight is 397 g/mol. The molecule has 0 aliphatic carbocycles. The Bertz CT molecular complexity index is 778. The standard InChI is InChI=1S/C24H32N2O3/c1-24(2,3)22(16-19-8-5-6-14-25-19)26(4)23(27)18-10-12-20(13-11-18)29-17-21-9-7-15-28-21/h5-6,8,10-14,21-22H,7,9,15-17H2,1-4H3/t21-,22+/m1/s1. The zero-order valence-corrected chi connectivity index (χ0v) is 17.9. The third-order valence-electron chi connectivity index (χ3n) is 5.48. The highest BCUT2D eigenvalue weighted by atomic mass is 16.5. The van der Waals surface area contributed by atoms with Gasteiger partial charge in [-0.2, -0.15) is 0 Å². The first-order valence-corrected chi connectivity index (χ1v) is 10.4. The molecule has 1 fully saturated rings. The molecule has 0 saturated carbocycles. The lowest BCUT2D eigenvalue weighted by Crippen LogP contribution is -2.46. The highest BCUT2D eigenvalue weighted by Crippen LogP contribution is 2.28. The van der Waals surface area contributed by atoms with Crippen LogP contribution in [0.25, 0.3) is 0 Å². The molecule has 1 aromatic heterocycles. The fourth-order valence-corrected chi connectivity index (χ4v) is 3.74. The van der Waals surface area contributed by atoms with Gasteiger partial charge < -0.3 is 14.4 Å². The van der Waals surface area contributed by atoms with E-state index in [1.54, 1.807) is 6.20 Å². The van der Waals surface area contributed by atoms with E-state index in [0.717, 1.165) is 37.3 Å². The SMILES string of the molecule is CN(C(=O)c1ccc(OC[C@H]2CCCO2)cc1)[C@@H](Cc1ccccn1)C(C)(C)C. The first kappa shape index (κ1) is 21.3. The van der Waals surface area contributed by atoms with Crippen LogP contribution in [0, 0.1) is 5.41 Å². The van der Waals surface area contributed by atoms with Gasteiger partial charge in [-0.1, -0.05) is 26.8 Å². The van der Waals surface area contributed by atoms with Crippen molar-refractivity contribution < 1.29 is 14.3 Å². The van der Waals surface area contributed by atoms with Crippen molar-refractivity contribution in [1.29, 1.82) is 0 Å².